The highest BCUT2D eigenvalue weighted by atomic mass is 35.5. The molecule has 66 valence electrons. The molecule has 1 rings (SSSR count). The van der Waals surface area contributed by atoms with Crippen LogP contribution in [0.1, 0.15) is 12.8 Å². The SMILES string of the molecule is [2H]c1c(C)nc(Cl)nc1C(F)(F)F. The first-order valence-corrected chi connectivity index (χ1v) is 3.28. The zero-order valence-corrected chi connectivity index (χ0v) is 6.66. The van der Waals surface area contributed by atoms with Crippen molar-refractivity contribution in [2.75, 3.05) is 0 Å². The molecule has 0 aliphatic heterocycles. The monoisotopic (exact) mass is 197 g/mol. The zero-order chi connectivity index (χ0) is 10.2. The van der Waals surface area contributed by atoms with Gasteiger partial charge in [-0.1, -0.05) is 0 Å². The second kappa shape index (κ2) is 2.90. The summed E-state index contributed by atoms with van der Waals surface area (Å²) in [6.07, 6.45) is -4.66. The molecule has 2 nitrogen and oxygen atoms in total. The quantitative estimate of drug-likeness (QED) is 0.597. The molecule has 0 atom stereocenters. The van der Waals surface area contributed by atoms with Crippen LogP contribution in [-0.2, 0) is 6.18 Å². The van der Waals surface area contributed by atoms with Gasteiger partial charge in [0.1, 0.15) is 5.69 Å². The first-order chi connectivity index (χ1) is 5.82. The molecule has 1 aromatic heterocycles. The van der Waals surface area contributed by atoms with Gasteiger partial charge in [-0.05, 0) is 24.6 Å². The molecule has 1 heterocycles. The van der Waals surface area contributed by atoms with Crippen molar-refractivity contribution in [2.45, 2.75) is 13.1 Å². The molecule has 0 N–H and O–H groups in total. The lowest BCUT2D eigenvalue weighted by molar-refractivity contribution is -0.141. The topological polar surface area (TPSA) is 25.8 Å². The van der Waals surface area contributed by atoms with Crippen LogP contribution in [0.4, 0.5) is 13.2 Å². The van der Waals surface area contributed by atoms with Crippen LogP contribution in [0.5, 0.6) is 0 Å². The van der Waals surface area contributed by atoms with Gasteiger partial charge in [-0.25, -0.2) is 9.97 Å². The van der Waals surface area contributed by atoms with Crippen LogP contribution in [0.15, 0.2) is 6.04 Å². The molecule has 1 aromatic rings. The third-order valence-electron chi connectivity index (χ3n) is 1.03. The van der Waals surface area contributed by atoms with E-state index in [1.165, 1.54) is 6.92 Å². The Morgan fingerprint density at radius 1 is 1.50 bits per heavy atom. The fraction of sp³-hybridized carbons (Fsp3) is 0.333. The van der Waals surface area contributed by atoms with Gasteiger partial charge in [0.05, 0.1) is 1.37 Å². The van der Waals surface area contributed by atoms with Crippen molar-refractivity contribution in [3.8, 4) is 0 Å². The predicted octanol–water partition coefficient (Wildman–Crippen LogP) is 2.46. The van der Waals surface area contributed by atoms with Gasteiger partial charge in [0, 0.05) is 5.69 Å². The second-order valence-corrected chi connectivity index (χ2v) is 2.39. The van der Waals surface area contributed by atoms with Crippen LogP contribution in [0.2, 0.25) is 5.28 Å². The number of hydrogen-bond acceptors (Lipinski definition) is 2. The minimum Gasteiger partial charge on any atom is -0.223 e. The van der Waals surface area contributed by atoms with E-state index in [2.05, 4.69) is 9.97 Å². The maximum atomic E-state index is 12.1. The van der Waals surface area contributed by atoms with Crippen LogP contribution >= 0.6 is 11.6 Å². The number of rotatable bonds is 0. The van der Waals surface area contributed by atoms with Gasteiger partial charge in [0.2, 0.25) is 5.28 Å². The largest absolute Gasteiger partial charge is 0.433 e. The lowest BCUT2D eigenvalue weighted by Crippen LogP contribution is -2.09. The van der Waals surface area contributed by atoms with Crippen molar-refractivity contribution >= 4 is 11.6 Å². The Kier molecular flexibility index (Phi) is 1.88. The molecule has 0 saturated heterocycles. The second-order valence-electron chi connectivity index (χ2n) is 2.05. The highest BCUT2D eigenvalue weighted by molar-refractivity contribution is 6.28. The summed E-state index contributed by atoms with van der Waals surface area (Å²) in [6, 6.07) is -0.739. The van der Waals surface area contributed by atoms with Crippen LogP contribution < -0.4 is 0 Å². The van der Waals surface area contributed by atoms with Gasteiger partial charge >= 0.3 is 6.18 Å². The van der Waals surface area contributed by atoms with E-state index < -0.39 is 23.2 Å². The third kappa shape index (κ3) is 2.07. The van der Waals surface area contributed by atoms with E-state index in [9.17, 15) is 13.2 Å². The molecule has 0 fully saturated rings. The summed E-state index contributed by atoms with van der Waals surface area (Å²) >= 11 is 5.22. The number of aryl methyl sites for hydroxylation is 1. The summed E-state index contributed by atoms with van der Waals surface area (Å²) in [7, 11) is 0. The molecular weight excluding hydrogens is 193 g/mol. The lowest BCUT2D eigenvalue weighted by atomic mass is 10.3. The maximum Gasteiger partial charge on any atom is 0.433 e. The highest BCUT2D eigenvalue weighted by Gasteiger charge is 2.33. The molecule has 0 unspecified atom stereocenters. The summed E-state index contributed by atoms with van der Waals surface area (Å²) in [5.41, 5.74) is -1.39. The first-order valence-electron chi connectivity index (χ1n) is 3.40. The molecule has 12 heavy (non-hydrogen) atoms. The number of nitrogens with zero attached hydrogens (tertiary/aromatic N) is 2. The Labute approximate surface area is 72.8 Å². The van der Waals surface area contributed by atoms with Crippen molar-refractivity contribution in [2.24, 2.45) is 0 Å². The van der Waals surface area contributed by atoms with E-state index in [1.54, 1.807) is 0 Å². The maximum absolute atomic E-state index is 12.1. The van der Waals surface area contributed by atoms with Crippen molar-refractivity contribution in [1.82, 2.24) is 9.97 Å². The smallest absolute Gasteiger partial charge is 0.223 e. The number of aromatic nitrogens is 2. The Bertz CT molecular complexity index is 339. The van der Waals surface area contributed by atoms with E-state index in [-0.39, 0.29) is 5.69 Å². The highest BCUT2D eigenvalue weighted by Crippen LogP contribution is 2.28. The minimum absolute atomic E-state index is 0.0904. The van der Waals surface area contributed by atoms with Crippen LogP contribution in [0.3, 0.4) is 0 Å². The Hall–Kier alpha value is -0.840. The summed E-state index contributed by atoms with van der Waals surface area (Å²) in [6.45, 7) is 1.27. The summed E-state index contributed by atoms with van der Waals surface area (Å²) in [5, 5.41) is -0.499. The molecule has 0 bridgehead atoms. The van der Waals surface area contributed by atoms with E-state index >= 15 is 0 Å². The van der Waals surface area contributed by atoms with E-state index in [0.29, 0.717) is 0 Å². The zero-order valence-electron chi connectivity index (χ0n) is 6.91. The van der Waals surface area contributed by atoms with Crippen molar-refractivity contribution in [3.63, 3.8) is 0 Å². The molecule has 0 saturated carbocycles. The predicted molar refractivity (Wildman–Crippen MR) is 36.8 cm³/mol. The Morgan fingerprint density at radius 2 is 2.08 bits per heavy atom. The van der Waals surface area contributed by atoms with Crippen molar-refractivity contribution in [1.29, 1.82) is 0 Å². The van der Waals surface area contributed by atoms with Gasteiger partial charge in [-0.15, -0.1) is 0 Å². The number of hydrogen-bond donors (Lipinski definition) is 0. The molecule has 0 aliphatic rings. The lowest BCUT2D eigenvalue weighted by Gasteiger charge is -2.05. The van der Waals surface area contributed by atoms with Gasteiger partial charge in [-0.3, -0.25) is 0 Å². The van der Waals surface area contributed by atoms with Crippen LogP contribution in [-0.4, -0.2) is 9.97 Å². The van der Waals surface area contributed by atoms with Gasteiger partial charge in [0.15, 0.2) is 0 Å². The first kappa shape index (κ1) is 7.79. The average molecular weight is 198 g/mol. The van der Waals surface area contributed by atoms with E-state index in [1.807, 2.05) is 0 Å². The van der Waals surface area contributed by atoms with Crippen molar-refractivity contribution < 1.29 is 14.5 Å². The van der Waals surface area contributed by atoms with Gasteiger partial charge in [-0.2, -0.15) is 13.2 Å². The molecular formula is C6H4ClF3N2. The standard InChI is InChI=1S/C6H4ClF3N2/c1-3-2-4(6(8,9)10)12-5(7)11-3/h2H,1H3/i2D. The van der Waals surface area contributed by atoms with E-state index in [0.717, 1.165) is 0 Å². The molecule has 6 heteroatoms. The Morgan fingerprint density at radius 3 is 2.58 bits per heavy atom. The molecule has 0 spiro atoms. The summed E-state index contributed by atoms with van der Waals surface area (Å²) in [4.78, 5) is 6.36. The van der Waals surface area contributed by atoms with Gasteiger partial charge in [0.25, 0.3) is 0 Å². The van der Waals surface area contributed by atoms with Crippen LogP contribution in [0, 0.1) is 6.92 Å². The Balaban J connectivity index is 3.37. The number of alkyl halides is 3. The van der Waals surface area contributed by atoms with Crippen molar-refractivity contribution in [3.05, 3.63) is 22.7 Å². The normalized spacial score (nSPS) is 12.9. The number of halogens is 4. The van der Waals surface area contributed by atoms with Gasteiger partial charge < -0.3 is 0 Å². The minimum atomic E-state index is -4.66. The molecule has 0 amide bonds. The fourth-order valence-electron chi connectivity index (χ4n) is 0.617. The molecule has 0 aliphatic carbocycles. The summed E-state index contributed by atoms with van der Waals surface area (Å²) < 4.78 is 43.5. The fourth-order valence-corrected chi connectivity index (χ4v) is 0.828. The molecule has 0 aromatic carbocycles. The van der Waals surface area contributed by atoms with E-state index in [4.69, 9.17) is 13.0 Å². The summed E-state index contributed by atoms with van der Waals surface area (Å²) in [5.74, 6) is 0. The molecule has 0 radical (unpaired) electrons. The third-order valence-corrected chi connectivity index (χ3v) is 1.20. The van der Waals surface area contributed by atoms with Crippen LogP contribution in [0.25, 0.3) is 0 Å². The average Bonchev–Trinajstić information content (AvgIpc) is 1.94.